The number of piperidine rings is 1. The first-order valence-electron chi connectivity index (χ1n) is 7.43. The van der Waals surface area contributed by atoms with Gasteiger partial charge in [0.25, 0.3) is 5.91 Å². The van der Waals surface area contributed by atoms with Gasteiger partial charge in [-0.15, -0.1) is 23.7 Å². The summed E-state index contributed by atoms with van der Waals surface area (Å²) in [5.74, 6) is 0.734. The number of halogens is 1. The summed E-state index contributed by atoms with van der Waals surface area (Å²) in [5.41, 5.74) is 1.42. The van der Waals surface area contributed by atoms with Gasteiger partial charge in [-0.1, -0.05) is 0 Å². The molecule has 112 valence electrons. The maximum atomic E-state index is 12.2. The Morgan fingerprint density at radius 1 is 1.35 bits per heavy atom. The van der Waals surface area contributed by atoms with Crippen LogP contribution in [0.5, 0.6) is 0 Å². The van der Waals surface area contributed by atoms with Crippen molar-refractivity contribution in [2.75, 3.05) is 19.6 Å². The van der Waals surface area contributed by atoms with Crippen molar-refractivity contribution in [3.8, 4) is 0 Å². The molecule has 1 atom stereocenters. The lowest BCUT2D eigenvalue weighted by molar-refractivity contribution is 0.0949. The van der Waals surface area contributed by atoms with E-state index in [9.17, 15) is 4.79 Å². The van der Waals surface area contributed by atoms with E-state index in [2.05, 4.69) is 16.7 Å². The molecule has 0 saturated carbocycles. The zero-order chi connectivity index (χ0) is 13.1. The summed E-state index contributed by atoms with van der Waals surface area (Å²) in [5, 5.41) is 6.50. The summed E-state index contributed by atoms with van der Waals surface area (Å²) in [6.07, 6.45) is 7.34. The number of hydrogen-bond donors (Lipinski definition) is 2. The molecule has 1 aliphatic heterocycles. The van der Waals surface area contributed by atoms with Gasteiger partial charge in [0.05, 0.1) is 4.88 Å². The van der Waals surface area contributed by atoms with E-state index in [1.54, 1.807) is 11.3 Å². The first-order chi connectivity index (χ1) is 9.33. The van der Waals surface area contributed by atoms with Crippen LogP contribution in [0.3, 0.4) is 0 Å². The summed E-state index contributed by atoms with van der Waals surface area (Å²) in [4.78, 5) is 14.5. The lowest BCUT2D eigenvalue weighted by Crippen LogP contribution is -2.37. The molecule has 0 spiro atoms. The third kappa shape index (κ3) is 3.74. The Morgan fingerprint density at radius 3 is 2.95 bits per heavy atom. The molecular formula is C15H23ClN2OS. The molecule has 20 heavy (non-hydrogen) atoms. The number of carbonyl (C=O) groups excluding carboxylic acids is 1. The summed E-state index contributed by atoms with van der Waals surface area (Å²) in [7, 11) is 0. The first kappa shape index (κ1) is 15.8. The minimum atomic E-state index is 0. The van der Waals surface area contributed by atoms with Gasteiger partial charge in [-0.3, -0.25) is 4.79 Å². The third-order valence-electron chi connectivity index (χ3n) is 4.17. The fraction of sp³-hybridized carbons (Fsp3) is 0.667. The van der Waals surface area contributed by atoms with Gasteiger partial charge in [0.2, 0.25) is 0 Å². The standard InChI is InChI=1S/C15H22N2OS.ClH/c18-15(17-10-11-4-3-7-16-9-11)14-8-12-5-1-2-6-13(12)19-14;/h8,11,16H,1-7,9-10H2,(H,17,18);1H. The third-order valence-corrected chi connectivity index (χ3v) is 5.41. The van der Waals surface area contributed by atoms with Crippen molar-refractivity contribution in [1.82, 2.24) is 10.6 Å². The van der Waals surface area contributed by atoms with E-state index in [0.717, 1.165) is 30.9 Å². The number of carbonyl (C=O) groups is 1. The molecule has 2 heterocycles. The minimum absolute atomic E-state index is 0. The molecule has 0 bridgehead atoms. The van der Waals surface area contributed by atoms with Crippen LogP contribution in [0.2, 0.25) is 0 Å². The van der Waals surface area contributed by atoms with Crippen LogP contribution in [-0.2, 0) is 12.8 Å². The molecule has 1 amide bonds. The molecule has 2 aliphatic rings. The Labute approximate surface area is 130 Å². The Kier molecular flexibility index (Phi) is 5.87. The van der Waals surface area contributed by atoms with Crippen molar-refractivity contribution in [2.24, 2.45) is 5.92 Å². The van der Waals surface area contributed by atoms with Crippen molar-refractivity contribution in [2.45, 2.75) is 38.5 Å². The predicted molar refractivity (Wildman–Crippen MR) is 86.1 cm³/mol. The Balaban J connectivity index is 0.00000147. The van der Waals surface area contributed by atoms with Crippen LogP contribution in [0.25, 0.3) is 0 Å². The average Bonchev–Trinajstić information content (AvgIpc) is 2.90. The molecule has 5 heteroatoms. The summed E-state index contributed by atoms with van der Waals surface area (Å²) < 4.78 is 0. The van der Waals surface area contributed by atoms with E-state index in [4.69, 9.17) is 0 Å². The Bertz CT molecular complexity index is 431. The quantitative estimate of drug-likeness (QED) is 0.901. The Hall–Kier alpha value is -0.580. The van der Waals surface area contributed by atoms with Crippen LogP contribution in [-0.4, -0.2) is 25.5 Å². The van der Waals surface area contributed by atoms with Crippen LogP contribution in [0, 0.1) is 5.92 Å². The van der Waals surface area contributed by atoms with Gasteiger partial charge in [-0.2, -0.15) is 0 Å². The van der Waals surface area contributed by atoms with Crippen LogP contribution in [0.15, 0.2) is 6.07 Å². The minimum Gasteiger partial charge on any atom is -0.351 e. The molecule has 2 N–H and O–H groups in total. The van der Waals surface area contributed by atoms with Crippen LogP contribution in [0.1, 0.15) is 45.8 Å². The molecular weight excluding hydrogens is 292 g/mol. The molecule has 1 aromatic heterocycles. The van der Waals surface area contributed by atoms with E-state index in [-0.39, 0.29) is 18.3 Å². The number of thiophene rings is 1. The van der Waals surface area contributed by atoms with Gasteiger partial charge in [0.1, 0.15) is 0 Å². The van der Waals surface area contributed by atoms with Crippen molar-refractivity contribution in [3.63, 3.8) is 0 Å². The highest BCUT2D eigenvalue weighted by Crippen LogP contribution is 2.29. The second kappa shape index (κ2) is 7.43. The molecule has 1 aromatic rings. The van der Waals surface area contributed by atoms with E-state index in [1.165, 1.54) is 42.5 Å². The van der Waals surface area contributed by atoms with Crippen molar-refractivity contribution < 1.29 is 4.79 Å². The van der Waals surface area contributed by atoms with E-state index in [1.807, 2.05) is 0 Å². The first-order valence-corrected chi connectivity index (χ1v) is 8.25. The van der Waals surface area contributed by atoms with Gasteiger partial charge in [-0.25, -0.2) is 0 Å². The fourth-order valence-corrected chi connectivity index (χ4v) is 4.19. The smallest absolute Gasteiger partial charge is 0.261 e. The topological polar surface area (TPSA) is 41.1 Å². The zero-order valence-electron chi connectivity index (χ0n) is 11.7. The van der Waals surface area contributed by atoms with Gasteiger partial charge >= 0.3 is 0 Å². The lowest BCUT2D eigenvalue weighted by atomic mass is 9.99. The summed E-state index contributed by atoms with van der Waals surface area (Å²) in [6, 6.07) is 2.12. The average molecular weight is 315 g/mol. The monoisotopic (exact) mass is 314 g/mol. The highest BCUT2D eigenvalue weighted by Gasteiger charge is 2.18. The number of nitrogens with one attached hydrogen (secondary N) is 2. The lowest BCUT2D eigenvalue weighted by Gasteiger charge is -2.22. The Morgan fingerprint density at radius 2 is 2.20 bits per heavy atom. The van der Waals surface area contributed by atoms with Crippen molar-refractivity contribution in [1.29, 1.82) is 0 Å². The van der Waals surface area contributed by atoms with Gasteiger partial charge in [0, 0.05) is 11.4 Å². The van der Waals surface area contributed by atoms with E-state index < -0.39 is 0 Å². The molecule has 1 fully saturated rings. The van der Waals surface area contributed by atoms with E-state index >= 15 is 0 Å². The maximum absolute atomic E-state index is 12.2. The molecule has 0 aromatic carbocycles. The second-order valence-corrected chi connectivity index (χ2v) is 6.83. The molecule has 3 rings (SSSR count). The second-order valence-electron chi connectivity index (χ2n) is 5.69. The molecule has 1 unspecified atom stereocenters. The normalized spacial score (nSPS) is 21.7. The SMILES string of the molecule is Cl.O=C(NCC1CCCNC1)c1cc2c(s1)CCCC2. The predicted octanol–water partition coefficient (Wildman–Crippen LogP) is 2.78. The number of amides is 1. The van der Waals surface area contributed by atoms with Crippen LogP contribution in [0.4, 0.5) is 0 Å². The summed E-state index contributed by atoms with van der Waals surface area (Å²) in [6.45, 7) is 2.98. The van der Waals surface area contributed by atoms with Gasteiger partial charge in [-0.05, 0) is 69.2 Å². The van der Waals surface area contributed by atoms with Crippen molar-refractivity contribution in [3.05, 3.63) is 21.4 Å². The number of fused-ring (bicyclic) bond motifs is 1. The maximum Gasteiger partial charge on any atom is 0.261 e. The number of rotatable bonds is 3. The molecule has 1 aliphatic carbocycles. The molecule has 3 nitrogen and oxygen atoms in total. The van der Waals surface area contributed by atoms with Gasteiger partial charge in [0.15, 0.2) is 0 Å². The van der Waals surface area contributed by atoms with Crippen LogP contribution >= 0.6 is 23.7 Å². The molecule has 0 radical (unpaired) electrons. The molecule has 1 saturated heterocycles. The van der Waals surface area contributed by atoms with Gasteiger partial charge < -0.3 is 10.6 Å². The van der Waals surface area contributed by atoms with Crippen molar-refractivity contribution >= 4 is 29.7 Å². The number of hydrogen-bond acceptors (Lipinski definition) is 3. The fourth-order valence-electron chi connectivity index (χ4n) is 3.02. The van der Waals surface area contributed by atoms with Crippen LogP contribution < -0.4 is 10.6 Å². The van der Waals surface area contributed by atoms with E-state index in [0.29, 0.717) is 5.92 Å². The highest BCUT2D eigenvalue weighted by molar-refractivity contribution is 7.14. The largest absolute Gasteiger partial charge is 0.351 e. The highest BCUT2D eigenvalue weighted by atomic mass is 35.5. The summed E-state index contributed by atoms with van der Waals surface area (Å²) >= 11 is 1.70. The zero-order valence-corrected chi connectivity index (χ0v) is 13.4. The number of aryl methyl sites for hydroxylation is 2.